The third-order valence-corrected chi connectivity index (χ3v) is 5.86. The van der Waals surface area contributed by atoms with Gasteiger partial charge in [0.15, 0.2) is 0 Å². The summed E-state index contributed by atoms with van der Waals surface area (Å²) >= 11 is 0.0616. The fourth-order valence-electron chi connectivity index (χ4n) is 2.42. The second kappa shape index (κ2) is 6.97. The summed E-state index contributed by atoms with van der Waals surface area (Å²) in [6, 6.07) is 7.98. The molecule has 1 saturated heterocycles. The maximum absolute atomic E-state index is 11.9. The Morgan fingerprint density at radius 2 is 2.10 bits per heavy atom. The molecule has 1 fully saturated rings. The number of sulfonamides is 1. The summed E-state index contributed by atoms with van der Waals surface area (Å²) in [4.78, 5) is 0. The minimum atomic E-state index is -3.20. The normalized spacial score (nSPS) is 22.6. The monoisotopic (exact) mass is 309 g/mol. The number of ether oxygens (including phenoxy) is 1. The third-order valence-electron chi connectivity index (χ3n) is 3.40. The number of nitrogens with one attached hydrogen (secondary N) is 1. The van der Waals surface area contributed by atoms with Gasteiger partial charge in [-0.05, 0) is 0 Å². The Balaban J connectivity index is 2.12. The molecular formula is C14H20AlNO3S. The van der Waals surface area contributed by atoms with Gasteiger partial charge in [0, 0.05) is 0 Å². The average molecular weight is 309 g/mol. The Morgan fingerprint density at radius 3 is 2.70 bits per heavy atom. The predicted molar refractivity (Wildman–Crippen MR) is 83.3 cm³/mol. The molecule has 0 saturated carbocycles. The van der Waals surface area contributed by atoms with Crippen molar-refractivity contribution in [3.63, 3.8) is 0 Å². The van der Waals surface area contributed by atoms with E-state index >= 15 is 0 Å². The fourth-order valence-corrected chi connectivity index (χ4v) is 4.24. The van der Waals surface area contributed by atoms with E-state index in [2.05, 4.69) is 22.2 Å². The van der Waals surface area contributed by atoms with Crippen LogP contribution in [-0.4, -0.2) is 47.0 Å². The van der Waals surface area contributed by atoms with Gasteiger partial charge in [-0.3, -0.25) is 0 Å². The van der Waals surface area contributed by atoms with Gasteiger partial charge in [-0.25, -0.2) is 0 Å². The van der Waals surface area contributed by atoms with Gasteiger partial charge in [0.1, 0.15) is 0 Å². The summed E-state index contributed by atoms with van der Waals surface area (Å²) < 4.78 is 33.5. The van der Waals surface area contributed by atoms with Crippen molar-refractivity contribution in [2.45, 2.75) is 31.9 Å². The molecule has 1 N–H and O–H groups in total. The molecule has 0 amide bonds. The van der Waals surface area contributed by atoms with E-state index in [4.69, 9.17) is 4.74 Å². The molecule has 2 atom stereocenters. The molecule has 2 rings (SSSR count). The number of rotatable bonds is 6. The third kappa shape index (κ3) is 4.00. The van der Waals surface area contributed by atoms with Crippen molar-refractivity contribution in [2.75, 3.05) is 12.4 Å². The quantitative estimate of drug-likeness (QED) is 0.783. The van der Waals surface area contributed by atoms with Crippen LogP contribution in [0.4, 0.5) is 0 Å². The molecule has 0 aromatic heterocycles. The van der Waals surface area contributed by atoms with Crippen LogP contribution in [0.15, 0.2) is 24.3 Å². The topological polar surface area (TPSA) is 55.4 Å². The second-order valence-corrected chi connectivity index (χ2v) is 7.94. The molecular weight excluding hydrogens is 289 g/mol. The summed E-state index contributed by atoms with van der Waals surface area (Å²) in [7, 11) is -3.20. The van der Waals surface area contributed by atoms with Gasteiger partial charge in [-0.15, -0.1) is 0 Å². The molecule has 0 radical (unpaired) electrons. The van der Waals surface area contributed by atoms with Crippen molar-refractivity contribution >= 4 is 34.6 Å². The molecule has 0 bridgehead atoms. The number of hydrogen-bond acceptors (Lipinski definition) is 3. The first kappa shape index (κ1) is 15.9. The Kier molecular flexibility index (Phi) is 5.53. The van der Waals surface area contributed by atoms with E-state index in [1.165, 1.54) is 4.43 Å². The van der Waals surface area contributed by atoms with Gasteiger partial charge < -0.3 is 0 Å². The summed E-state index contributed by atoms with van der Waals surface area (Å²) in [6.07, 6.45) is 1.15. The van der Waals surface area contributed by atoms with E-state index in [-0.39, 0.29) is 32.7 Å². The molecule has 1 aromatic rings. The number of benzene rings is 1. The van der Waals surface area contributed by atoms with E-state index in [0.717, 1.165) is 12.0 Å². The molecule has 1 aromatic carbocycles. The van der Waals surface area contributed by atoms with Gasteiger partial charge in [-0.2, -0.15) is 0 Å². The van der Waals surface area contributed by atoms with Crippen LogP contribution in [0.5, 0.6) is 0 Å². The van der Waals surface area contributed by atoms with Crippen LogP contribution in [-0.2, 0) is 14.8 Å². The van der Waals surface area contributed by atoms with Crippen LogP contribution in [0.1, 0.15) is 31.4 Å². The summed E-state index contributed by atoms with van der Waals surface area (Å²) in [5.41, 5.74) is 1.03. The van der Waals surface area contributed by atoms with Gasteiger partial charge in [0.2, 0.25) is 0 Å². The molecule has 0 aliphatic carbocycles. The minimum absolute atomic E-state index is 0.0616. The van der Waals surface area contributed by atoms with Crippen LogP contribution in [0.3, 0.4) is 0 Å². The summed E-state index contributed by atoms with van der Waals surface area (Å²) in [6.45, 7) is 2.45. The maximum atomic E-state index is 11.9. The molecule has 20 heavy (non-hydrogen) atoms. The van der Waals surface area contributed by atoms with Gasteiger partial charge in [0.25, 0.3) is 0 Å². The van der Waals surface area contributed by atoms with E-state index in [0.29, 0.717) is 13.0 Å². The van der Waals surface area contributed by atoms with Crippen molar-refractivity contribution in [3.8, 4) is 0 Å². The molecule has 2 unspecified atom stereocenters. The van der Waals surface area contributed by atoms with Crippen molar-refractivity contribution < 1.29 is 13.2 Å². The van der Waals surface area contributed by atoms with Crippen LogP contribution >= 0.6 is 0 Å². The standard InChI is InChI=1S/C13H18NO3S.CH2.Al/c1-2-10-18(15,16)14-12-8-9-17-13(12)11-6-4-3-5-7-11;;/h4-7,12-14H,2,8-10H2,1H3;1H2;. The van der Waals surface area contributed by atoms with Crippen LogP contribution in [0, 0.1) is 0 Å². The van der Waals surface area contributed by atoms with Gasteiger partial charge >= 0.3 is 127 Å². The molecule has 0 spiro atoms. The first-order chi connectivity index (χ1) is 9.55. The zero-order valence-electron chi connectivity index (χ0n) is 11.7. The Hall–Kier alpha value is -0.508. The molecule has 1 heterocycles. The fraction of sp³-hybridized carbons (Fsp3) is 0.500. The molecule has 108 valence electrons. The Bertz CT molecular complexity index is 556. The molecule has 4 nitrogen and oxygen atoms in total. The Morgan fingerprint density at radius 1 is 1.40 bits per heavy atom. The molecule has 6 heteroatoms. The average Bonchev–Trinajstić information content (AvgIpc) is 2.86. The van der Waals surface area contributed by atoms with Crippen molar-refractivity contribution in [1.82, 2.24) is 4.72 Å². The van der Waals surface area contributed by atoms with Crippen LogP contribution in [0.2, 0.25) is 0 Å². The van der Waals surface area contributed by atoms with E-state index in [9.17, 15) is 8.42 Å². The number of hydrogen-bond donors (Lipinski definition) is 1. The summed E-state index contributed by atoms with van der Waals surface area (Å²) in [5, 5.41) is 3.93. The van der Waals surface area contributed by atoms with Crippen molar-refractivity contribution in [1.29, 1.82) is 0 Å². The molecule has 1 aliphatic rings. The van der Waals surface area contributed by atoms with E-state index in [1.807, 2.05) is 19.1 Å². The van der Waals surface area contributed by atoms with Crippen LogP contribution < -0.4 is 9.15 Å². The van der Waals surface area contributed by atoms with Gasteiger partial charge in [0.05, 0.1) is 0 Å². The van der Waals surface area contributed by atoms with Crippen molar-refractivity contribution in [3.05, 3.63) is 29.8 Å². The molecule has 1 aliphatic heterocycles. The zero-order valence-corrected chi connectivity index (χ0v) is 13.7. The Labute approximate surface area is 126 Å². The van der Waals surface area contributed by atoms with Gasteiger partial charge in [-0.1, -0.05) is 0 Å². The first-order valence-electron chi connectivity index (χ1n) is 6.89. The summed E-state index contributed by atoms with van der Waals surface area (Å²) in [5.74, 6) is 0.167. The van der Waals surface area contributed by atoms with E-state index < -0.39 is 10.0 Å². The SMILES string of the molecule is [CH2]=[Al][c]1ccc(C2OCCC2NS(=O)(=O)CCC)cc1. The second-order valence-electron chi connectivity index (χ2n) is 4.99. The van der Waals surface area contributed by atoms with Crippen LogP contribution in [0.25, 0.3) is 0 Å². The predicted octanol–water partition coefficient (Wildman–Crippen LogP) is 0.607. The zero-order chi connectivity index (χ0) is 14.6. The van der Waals surface area contributed by atoms with Crippen molar-refractivity contribution in [2.24, 2.45) is 0 Å². The first-order valence-corrected chi connectivity index (χ1v) is 9.94. The van der Waals surface area contributed by atoms with E-state index in [1.54, 1.807) is 0 Å².